The fourth-order valence-corrected chi connectivity index (χ4v) is 2.74. The molecule has 0 spiro atoms. The molecule has 0 amide bonds. The Morgan fingerprint density at radius 3 is 2.00 bits per heavy atom. The normalized spacial score (nSPS) is 13.6. The predicted octanol–water partition coefficient (Wildman–Crippen LogP) is 5.07. The van der Waals surface area contributed by atoms with Gasteiger partial charge in [-0.15, -0.1) is 6.42 Å². The van der Waals surface area contributed by atoms with E-state index in [1.165, 1.54) is 11.1 Å². The molecule has 2 heteroatoms. The van der Waals surface area contributed by atoms with Crippen molar-refractivity contribution in [3.8, 4) is 0 Å². The fraction of sp³-hybridized carbons (Fsp3) is 0.467. The van der Waals surface area contributed by atoms with E-state index in [0.717, 1.165) is 6.42 Å². The van der Waals surface area contributed by atoms with Crippen LogP contribution in [0, 0.1) is 6.08 Å². The molecule has 0 unspecified atom stereocenters. The van der Waals surface area contributed by atoms with Gasteiger partial charge in [-0.25, -0.2) is 12.2 Å². The third-order valence-corrected chi connectivity index (χ3v) is 2.88. The van der Waals surface area contributed by atoms with Gasteiger partial charge >= 0.3 is 0 Å². The zero-order valence-electron chi connectivity index (χ0n) is 12.0. The molecule has 0 aliphatic heterocycles. The van der Waals surface area contributed by atoms with Crippen LogP contribution in [0.1, 0.15) is 27.2 Å². The Hall–Kier alpha value is 0.104. The van der Waals surface area contributed by atoms with Gasteiger partial charge in [0.15, 0.2) is 0 Å². The van der Waals surface area contributed by atoms with E-state index in [1.807, 2.05) is 12.2 Å². The Labute approximate surface area is 123 Å². The SMILES string of the molecule is CC(C)=CC(C)=C[P+](C)(C)C.[C-]1=CC=CC1.[Ti]. The second kappa shape index (κ2) is 10.1. The van der Waals surface area contributed by atoms with Crippen molar-refractivity contribution in [2.45, 2.75) is 27.2 Å². The molecule has 0 fully saturated rings. The van der Waals surface area contributed by atoms with Gasteiger partial charge < -0.3 is 0 Å². The first-order valence-corrected chi connectivity index (χ1v) is 8.88. The molecule has 0 N–H and O–H groups in total. The molecular formula is C15H25PTi. The summed E-state index contributed by atoms with van der Waals surface area (Å²) in [6.45, 7) is 13.4. The molecule has 1 aliphatic rings. The number of rotatable bonds is 2. The monoisotopic (exact) mass is 284 g/mol. The van der Waals surface area contributed by atoms with Crippen LogP contribution in [0.2, 0.25) is 0 Å². The second-order valence-electron chi connectivity index (χ2n) is 5.21. The van der Waals surface area contributed by atoms with Crippen molar-refractivity contribution in [2.24, 2.45) is 0 Å². The summed E-state index contributed by atoms with van der Waals surface area (Å²) < 4.78 is 0. The third-order valence-electron chi connectivity index (χ3n) is 1.69. The van der Waals surface area contributed by atoms with Gasteiger partial charge in [-0.3, -0.25) is 6.08 Å². The van der Waals surface area contributed by atoms with Gasteiger partial charge in [0.25, 0.3) is 0 Å². The van der Waals surface area contributed by atoms with Crippen molar-refractivity contribution in [1.82, 2.24) is 0 Å². The summed E-state index contributed by atoms with van der Waals surface area (Å²) in [7, 11) is -0.735. The predicted molar refractivity (Wildman–Crippen MR) is 79.5 cm³/mol. The first-order chi connectivity index (χ1) is 7.31. The van der Waals surface area contributed by atoms with Crippen LogP contribution in [0.5, 0.6) is 0 Å². The molecule has 94 valence electrons. The topological polar surface area (TPSA) is 0 Å². The van der Waals surface area contributed by atoms with Crippen LogP contribution in [0.4, 0.5) is 0 Å². The average molecular weight is 284 g/mol. The Morgan fingerprint density at radius 1 is 1.18 bits per heavy atom. The van der Waals surface area contributed by atoms with Crippen molar-refractivity contribution < 1.29 is 21.7 Å². The Kier molecular flexibility index (Phi) is 11.5. The summed E-state index contributed by atoms with van der Waals surface area (Å²) >= 11 is 0. The van der Waals surface area contributed by atoms with Crippen LogP contribution in [0.3, 0.4) is 0 Å². The van der Waals surface area contributed by atoms with Gasteiger partial charge in [0.1, 0.15) is 0 Å². The van der Waals surface area contributed by atoms with Crippen LogP contribution in [0.15, 0.2) is 41.3 Å². The standard InChI is InChI=1S/C10H20P.C5H5.Ti/c1-9(2)7-10(3)8-11(4,5)6;1-2-4-5-3-1;/h7-8H,1-6H3;1-3H,4H2;/q+1;-1;. The van der Waals surface area contributed by atoms with Gasteiger partial charge in [-0.05, 0) is 26.3 Å². The van der Waals surface area contributed by atoms with E-state index >= 15 is 0 Å². The number of allylic oxidation sites excluding steroid dienone is 7. The minimum atomic E-state index is -0.735. The Morgan fingerprint density at radius 2 is 1.76 bits per heavy atom. The molecule has 17 heavy (non-hydrogen) atoms. The largest absolute Gasteiger partial charge is 0.273 e. The van der Waals surface area contributed by atoms with E-state index in [1.54, 1.807) is 0 Å². The first kappa shape index (κ1) is 19.4. The summed E-state index contributed by atoms with van der Waals surface area (Å²) in [5.74, 6) is 2.40. The average Bonchev–Trinajstić information content (AvgIpc) is 2.53. The quantitative estimate of drug-likeness (QED) is 0.287. The first-order valence-electron chi connectivity index (χ1n) is 5.68. The molecule has 0 radical (unpaired) electrons. The molecule has 0 aromatic heterocycles. The molecule has 0 bridgehead atoms. The van der Waals surface area contributed by atoms with Gasteiger partial charge in [-0.1, -0.05) is 11.6 Å². The Bertz CT molecular complexity index is 300. The van der Waals surface area contributed by atoms with E-state index in [2.05, 4.69) is 64.8 Å². The molecule has 0 nitrogen and oxygen atoms in total. The molecule has 0 saturated heterocycles. The van der Waals surface area contributed by atoms with Gasteiger partial charge in [-0.2, -0.15) is 6.08 Å². The van der Waals surface area contributed by atoms with Crippen LogP contribution in [0.25, 0.3) is 0 Å². The fourth-order valence-electron chi connectivity index (χ4n) is 1.44. The molecule has 0 aromatic rings. The van der Waals surface area contributed by atoms with E-state index < -0.39 is 7.26 Å². The zero-order valence-corrected chi connectivity index (χ0v) is 14.5. The van der Waals surface area contributed by atoms with Crippen LogP contribution in [-0.2, 0) is 21.7 Å². The van der Waals surface area contributed by atoms with E-state index in [4.69, 9.17) is 0 Å². The van der Waals surface area contributed by atoms with E-state index in [9.17, 15) is 0 Å². The van der Waals surface area contributed by atoms with Gasteiger partial charge in [0.05, 0.1) is 25.8 Å². The maximum absolute atomic E-state index is 2.99. The third kappa shape index (κ3) is 16.1. The molecule has 0 atom stereocenters. The minimum absolute atomic E-state index is 0. The summed E-state index contributed by atoms with van der Waals surface area (Å²) in [6.07, 6.45) is 12.2. The van der Waals surface area contributed by atoms with Gasteiger partial charge in [0.2, 0.25) is 0 Å². The van der Waals surface area contributed by atoms with Crippen LogP contribution < -0.4 is 0 Å². The molecular weight excluding hydrogens is 259 g/mol. The summed E-state index contributed by atoms with van der Waals surface area (Å²) in [4.78, 5) is 0. The summed E-state index contributed by atoms with van der Waals surface area (Å²) in [5.41, 5.74) is 2.79. The minimum Gasteiger partial charge on any atom is -0.273 e. The van der Waals surface area contributed by atoms with E-state index in [0.29, 0.717) is 0 Å². The summed E-state index contributed by atoms with van der Waals surface area (Å²) in [5, 5.41) is 0. The molecule has 0 saturated carbocycles. The Balaban J connectivity index is 0. The van der Waals surface area contributed by atoms with Crippen molar-refractivity contribution in [1.29, 1.82) is 0 Å². The maximum Gasteiger partial charge on any atom is 0.0608 e. The number of hydrogen-bond donors (Lipinski definition) is 0. The summed E-state index contributed by atoms with van der Waals surface area (Å²) in [6, 6.07) is 0. The van der Waals surface area contributed by atoms with Crippen molar-refractivity contribution in [3.63, 3.8) is 0 Å². The number of hydrogen-bond acceptors (Lipinski definition) is 0. The van der Waals surface area contributed by atoms with Crippen molar-refractivity contribution in [3.05, 3.63) is 47.3 Å². The van der Waals surface area contributed by atoms with Crippen molar-refractivity contribution >= 4 is 7.26 Å². The smallest absolute Gasteiger partial charge is 0.0608 e. The maximum atomic E-state index is 2.99. The molecule has 0 heterocycles. The second-order valence-corrected chi connectivity index (χ2v) is 9.70. The zero-order chi connectivity index (χ0) is 12.6. The molecule has 1 aliphatic carbocycles. The van der Waals surface area contributed by atoms with E-state index in [-0.39, 0.29) is 21.7 Å². The van der Waals surface area contributed by atoms with Crippen LogP contribution >= 0.6 is 7.26 Å². The molecule has 1 rings (SSSR count). The molecule has 0 aromatic carbocycles. The van der Waals surface area contributed by atoms with Crippen LogP contribution in [-0.4, -0.2) is 20.0 Å². The van der Waals surface area contributed by atoms with Gasteiger partial charge in [0, 0.05) is 29.0 Å². The van der Waals surface area contributed by atoms with Crippen molar-refractivity contribution in [2.75, 3.05) is 20.0 Å².